The van der Waals surface area contributed by atoms with Crippen LogP contribution in [0.5, 0.6) is 0 Å². The maximum atomic E-state index is 11.7. The van der Waals surface area contributed by atoms with Gasteiger partial charge < -0.3 is 20.5 Å². The third kappa shape index (κ3) is 4.20. The van der Waals surface area contributed by atoms with Crippen molar-refractivity contribution in [2.24, 2.45) is 5.73 Å². The zero-order valence-corrected chi connectivity index (χ0v) is 11.4. The lowest BCUT2D eigenvalue weighted by Crippen LogP contribution is -2.39. The summed E-state index contributed by atoms with van der Waals surface area (Å²) in [6.45, 7) is 0.100. The second-order valence-corrected chi connectivity index (χ2v) is 4.14. The standard InChI is InChI=1S/C12H15ClN2O4/c1-18-6-10(14)11(16)15-7-3-4-9(13)8(5-7)12(17)19-2/h3-5,10H,6,14H2,1-2H3,(H,15,16). The highest BCUT2D eigenvalue weighted by Crippen LogP contribution is 2.21. The molecule has 3 N–H and O–H groups in total. The van der Waals surface area contributed by atoms with Crippen LogP contribution in [-0.4, -0.2) is 38.7 Å². The summed E-state index contributed by atoms with van der Waals surface area (Å²) in [6, 6.07) is 3.69. The molecule has 0 saturated carbocycles. The van der Waals surface area contributed by atoms with Crippen LogP contribution in [0.4, 0.5) is 5.69 Å². The molecular formula is C12H15ClN2O4. The summed E-state index contributed by atoms with van der Waals surface area (Å²) in [5.41, 5.74) is 6.15. The number of halogens is 1. The molecule has 7 heteroatoms. The number of esters is 1. The molecule has 0 aliphatic carbocycles. The predicted molar refractivity (Wildman–Crippen MR) is 71.3 cm³/mol. The number of rotatable bonds is 5. The number of hydrogen-bond donors (Lipinski definition) is 2. The number of nitrogens with two attached hydrogens (primary N) is 1. The summed E-state index contributed by atoms with van der Waals surface area (Å²) in [5, 5.41) is 2.80. The number of ether oxygens (including phenoxy) is 2. The molecule has 0 aromatic heterocycles. The molecule has 19 heavy (non-hydrogen) atoms. The first-order chi connectivity index (χ1) is 8.99. The van der Waals surface area contributed by atoms with E-state index in [1.54, 1.807) is 6.07 Å². The largest absolute Gasteiger partial charge is 0.465 e. The summed E-state index contributed by atoms with van der Waals surface area (Å²) < 4.78 is 9.36. The summed E-state index contributed by atoms with van der Waals surface area (Å²) in [5.74, 6) is -0.998. The minimum atomic E-state index is -0.790. The molecule has 0 fully saturated rings. The molecule has 0 aliphatic rings. The van der Waals surface area contributed by atoms with Gasteiger partial charge in [-0.3, -0.25) is 4.79 Å². The third-order valence-corrected chi connectivity index (χ3v) is 2.65. The van der Waals surface area contributed by atoms with Crippen molar-refractivity contribution in [1.29, 1.82) is 0 Å². The molecule has 1 aromatic carbocycles. The molecule has 0 aliphatic heterocycles. The van der Waals surface area contributed by atoms with Gasteiger partial charge in [-0.1, -0.05) is 11.6 Å². The zero-order valence-electron chi connectivity index (χ0n) is 10.6. The lowest BCUT2D eigenvalue weighted by Gasteiger charge is -2.12. The number of carbonyl (C=O) groups excluding carboxylic acids is 2. The van der Waals surface area contributed by atoms with Crippen molar-refractivity contribution in [2.45, 2.75) is 6.04 Å². The molecule has 0 radical (unpaired) electrons. The van der Waals surface area contributed by atoms with E-state index in [4.69, 9.17) is 22.1 Å². The van der Waals surface area contributed by atoms with Crippen molar-refractivity contribution in [3.63, 3.8) is 0 Å². The van der Waals surface area contributed by atoms with Crippen molar-refractivity contribution in [2.75, 3.05) is 26.1 Å². The van der Waals surface area contributed by atoms with Gasteiger partial charge in [-0.05, 0) is 18.2 Å². The third-order valence-electron chi connectivity index (χ3n) is 2.32. The number of anilines is 1. The smallest absolute Gasteiger partial charge is 0.339 e. The molecule has 1 rings (SSSR count). The van der Waals surface area contributed by atoms with Crippen LogP contribution < -0.4 is 11.1 Å². The van der Waals surface area contributed by atoms with Crippen LogP contribution in [-0.2, 0) is 14.3 Å². The Hall–Kier alpha value is -1.63. The van der Waals surface area contributed by atoms with Crippen molar-refractivity contribution in [3.8, 4) is 0 Å². The van der Waals surface area contributed by atoms with E-state index in [2.05, 4.69) is 10.1 Å². The van der Waals surface area contributed by atoms with Gasteiger partial charge in [-0.15, -0.1) is 0 Å². The summed E-state index contributed by atoms with van der Waals surface area (Å²) in [4.78, 5) is 23.1. The van der Waals surface area contributed by atoms with Crippen molar-refractivity contribution in [1.82, 2.24) is 0 Å². The Morgan fingerprint density at radius 3 is 2.68 bits per heavy atom. The highest BCUT2D eigenvalue weighted by atomic mass is 35.5. The first-order valence-electron chi connectivity index (χ1n) is 5.42. The fraction of sp³-hybridized carbons (Fsp3) is 0.333. The Labute approximate surface area is 115 Å². The molecule has 104 valence electrons. The van der Waals surface area contributed by atoms with Gasteiger partial charge in [-0.25, -0.2) is 4.79 Å². The number of benzene rings is 1. The summed E-state index contributed by atoms with van der Waals surface area (Å²) in [7, 11) is 2.70. The maximum absolute atomic E-state index is 11.7. The van der Waals surface area contributed by atoms with Gasteiger partial charge in [0.25, 0.3) is 0 Å². The summed E-state index contributed by atoms with van der Waals surface area (Å²) >= 11 is 5.86. The molecule has 0 heterocycles. The first kappa shape index (κ1) is 15.4. The Morgan fingerprint density at radius 2 is 2.11 bits per heavy atom. The monoisotopic (exact) mass is 286 g/mol. The predicted octanol–water partition coefficient (Wildman–Crippen LogP) is 1.04. The number of amides is 1. The summed E-state index contributed by atoms with van der Waals surface area (Å²) in [6.07, 6.45) is 0. The van der Waals surface area contributed by atoms with E-state index in [0.29, 0.717) is 5.69 Å². The topological polar surface area (TPSA) is 90.6 Å². The lowest BCUT2D eigenvalue weighted by atomic mass is 10.2. The van der Waals surface area contributed by atoms with Crippen molar-refractivity contribution < 1.29 is 19.1 Å². The maximum Gasteiger partial charge on any atom is 0.339 e. The van der Waals surface area contributed by atoms with Gasteiger partial charge >= 0.3 is 5.97 Å². The van der Waals surface area contributed by atoms with Crippen LogP contribution >= 0.6 is 11.6 Å². The highest BCUT2D eigenvalue weighted by molar-refractivity contribution is 6.33. The fourth-order valence-electron chi connectivity index (χ4n) is 1.36. The highest BCUT2D eigenvalue weighted by Gasteiger charge is 2.16. The SMILES string of the molecule is COCC(N)C(=O)Nc1ccc(Cl)c(C(=O)OC)c1. The average molecular weight is 287 g/mol. The molecule has 0 saturated heterocycles. The fourth-order valence-corrected chi connectivity index (χ4v) is 1.55. The van der Waals surface area contributed by atoms with Gasteiger partial charge in [-0.2, -0.15) is 0 Å². The Balaban J connectivity index is 2.85. The van der Waals surface area contributed by atoms with Gasteiger partial charge in [0.2, 0.25) is 5.91 Å². The van der Waals surface area contributed by atoms with E-state index in [1.807, 2.05) is 0 Å². The van der Waals surface area contributed by atoms with Crippen LogP contribution in [0.25, 0.3) is 0 Å². The zero-order chi connectivity index (χ0) is 14.4. The quantitative estimate of drug-likeness (QED) is 0.789. The normalized spacial score (nSPS) is 11.8. The second kappa shape index (κ2) is 7.08. The Morgan fingerprint density at radius 1 is 1.42 bits per heavy atom. The molecular weight excluding hydrogens is 272 g/mol. The second-order valence-electron chi connectivity index (χ2n) is 3.74. The molecule has 1 amide bonds. The van der Waals surface area contributed by atoms with Gasteiger partial charge in [0.15, 0.2) is 0 Å². The van der Waals surface area contributed by atoms with Crippen molar-refractivity contribution in [3.05, 3.63) is 28.8 Å². The minimum Gasteiger partial charge on any atom is -0.465 e. The number of nitrogens with one attached hydrogen (secondary N) is 1. The number of carbonyl (C=O) groups is 2. The molecule has 0 bridgehead atoms. The average Bonchev–Trinajstić information content (AvgIpc) is 2.40. The molecule has 1 atom stereocenters. The van der Waals surface area contributed by atoms with Gasteiger partial charge in [0.1, 0.15) is 6.04 Å². The van der Waals surface area contributed by atoms with E-state index < -0.39 is 17.9 Å². The van der Waals surface area contributed by atoms with Crippen molar-refractivity contribution >= 4 is 29.2 Å². The number of methoxy groups -OCH3 is 2. The van der Waals surface area contributed by atoms with Crippen LogP contribution in [0.1, 0.15) is 10.4 Å². The van der Waals surface area contributed by atoms with E-state index in [1.165, 1.54) is 26.4 Å². The Kier molecular flexibility index (Phi) is 5.75. The van der Waals surface area contributed by atoms with E-state index in [0.717, 1.165) is 0 Å². The Bertz CT molecular complexity index is 479. The molecule has 0 spiro atoms. The van der Waals surface area contributed by atoms with E-state index in [-0.39, 0.29) is 17.2 Å². The lowest BCUT2D eigenvalue weighted by molar-refractivity contribution is -0.118. The molecule has 1 unspecified atom stereocenters. The molecule has 1 aromatic rings. The van der Waals surface area contributed by atoms with E-state index in [9.17, 15) is 9.59 Å². The first-order valence-corrected chi connectivity index (χ1v) is 5.80. The molecule has 6 nitrogen and oxygen atoms in total. The van der Waals surface area contributed by atoms with Crippen LogP contribution in [0.15, 0.2) is 18.2 Å². The van der Waals surface area contributed by atoms with Gasteiger partial charge in [0.05, 0.1) is 24.3 Å². The van der Waals surface area contributed by atoms with E-state index >= 15 is 0 Å². The van der Waals surface area contributed by atoms with Crippen LogP contribution in [0, 0.1) is 0 Å². The van der Waals surface area contributed by atoms with Gasteiger partial charge in [0, 0.05) is 12.8 Å². The van der Waals surface area contributed by atoms with Crippen LogP contribution in [0.2, 0.25) is 5.02 Å². The minimum absolute atomic E-state index is 0.100. The van der Waals surface area contributed by atoms with Crippen LogP contribution in [0.3, 0.4) is 0 Å². The number of hydrogen-bond acceptors (Lipinski definition) is 5.